The molecule has 1 nitrogen and oxygen atoms in total. The molecule has 0 radical (unpaired) electrons. The lowest BCUT2D eigenvalue weighted by Gasteiger charge is -2.49. The second kappa shape index (κ2) is 8.78. The zero-order chi connectivity index (χ0) is 21.4. The van der Waals surface area contributed by atoms with Gasteiger partial charge < -0.3 is 4.74 Å². The highest BCUT2D eigenvalue weighted by atomic mass is 31.2. The smallest absolute Gasteiger partial charge is 0.187 e. The van der Waals surface area contributed by atoms with Crippen molar-refractivity contribution in [1.29, 1.82) is 0 Å². The van der Waals surface area contributed by atoms with E-state index in [1.54, 1.807) is 0 Å². The highest BCUT2D eigenvalue weighted by Crippen LogP contribution is 2.89. The molecule has 0 amide bonds. The quantitative estimate of drug-likeness (QED) is 0.332. The van der Waals surface area contributed by atoms with E-state index < -0.39 is 14.5 Å². The summed E-state index contributed by atoms with van der Waals surface area (Å²) in [5.74, 6) is 1.05. The normalized spacial score (nSPS) is 19.2. The number of benzene rings is 1. The predicted octanol–water partition coefficient (Wildman–Crippen LogP) is 8.20. The monoisotopic (exact) mass is 422 g/mol. The molecule has 0 N–H and O–H groups in total. The lowest BCUT2D eigenvalue weighted by atomic mass is 10.0. The minimum Gasteiger partial charge on any atom is -0.497 e. The zero-order valence-corrected chi connectivity index (χ0v) is 21.8. The first-order valence-corrected chi connectivity index (χ1v) is 15.4. The van der Waals surface area contributed by atoms with Crippen LogP contribution in [-0.2, 0) is 12.3 Å². The summed E-state index contributed by atoms with van der Waals surface area (Å²) in [5, 5.41) is 0.684. The van der Waals surface area contributed by atoms with Crippen LogP contribution < -0.4 is 4.74 Å². The maximum Gasteiger partial charge on any atom is 0.187 e. The molecule has 2 bridgehead atoms. The van der Waals surface area contributed by atoms with Crippen molar-refractivity contribution in [3.8, 4) is 5.75 Å². The molecule has 1 aliphatic heterocycles. The van der Waals surface area contributed by atoms with Crippen molar-refractivity contribution in [3.63, 3.8) is 0 Å². The summed E-state index contributed by atoms with van der Waals surface area (Å²) in [7, 11) is -0.860. The SMILES string of the molecule is C=CC1[P+](C(C)C)(C(C)C)Cc2cc(OC)cc(c2C)C[P+]1(C(C)C)C(C)C. The average molecular weight is 423 g/mol. The van der Waals surface area contributed by atoms with Crippen LogP contribution in [0.5, 0.6) is 5.75 Å². The third kappa shape index (κ3) is 3.61. The Labute approximate surface area is 176 Å². The summed E-state index contributed by atoms with van der Waals surface area (Å²) in [4.78, 5) is 0. The Morgan fingerprint density at radius 1 is 0.857 bits per heavy atom. The van der Waals surface area contributed by atoms with Gasteiger partial charge in [0.05, 0.1) is 56.6 Å². The van der Waals surface area contributed by atoms with E-state index in [0.29, 0.717) is 28.0 Å². The van der Waals surface area contributed by atoms with Gasteiger partial charge >= 0.3 is 0 Å². The van der Waals surface area contributed by atoms with Crippen LogP contribution in [0.2, 0.25) is 0 Å². The number of hydrogen-bond acceptors (Lipinski definition) is 1. The van der Waals surface area contributed by atoms with Crippen LogP contribution in [0, 0.1) is 6.92 Å². The van der Waals surface area contributed by atoms with Crippen LogP contribution in [0.4, 0.5) is 0 Å². The van der Waals surface area contributed by atoms with Crippen LogP contribution >= 0.6 is 14.5 Å². The fourth-order valence-corrected chi connectivity index (χ4v) is 22.1. The number of hydrogen-bond donors (Lipinski definition) is 0. The molecule has 0 aromatic heterocycles. The van der Waals surface area contributed by atoms with E-state index in [2.05, 4.69) is 87.1 Å². The Kier molecular flexibility index (Phi) is 7.49. The molecule has 3 heteroatoms. The second-order valence-electron chi connectivity index (χ2n) is 9.90. The molecule has 2 rings (SSSR count). The zero-order valence-electron chi connectivity index (χ0n) is 20.0. The maximum absolute atomic E-state index is 5.76. The van der Waals surface area contributed by atoms with E-state index in [9.17, 15) is 0 Å². The van der Waals surface area contributed by atoms with Gasteiger partial charge in [0.15, 0.2) is 5.40 Å². The van der Waals surface area contributed by atoms with Crippen LogP contribution in [0.3, 0.4) is 0 Å². The van der Waals surface area contributed by atoms with Crippen molar-refractivity contribution < 1.29 is 4.74 Å². The van der Waals surface area contributed by atoms with E-state index >= 15 is 0 Å². The number of ether oxygens (including phenoxy) is 1. The summed E-state index contributed by atoms with van der Waals surface area (Å²) in [5.41, 5.74) is 7.42. The van der Waals surface area contributed by atoms with E-state index in [-0.39, 0.29) is 0 Å². The Morgan fingerprint density at radius 2 is 1.21 bits per heavy atom. The summed E-state index contributed by atoms with van der Waals surface area (Å²) in [6, 6.07) is 4.66. The minimum atomic E-state index is -1.34. The molecule has 0 unspecified atom stereocenters. The lowest BCUT2D eigenvalue weighted by Crippen LogP contribution is -2.36. The van der Waals surface area contributed by atoms with Crippen LogP contribution in [0.1, 0.15) is 72.1 Å². The van der Waals surface area contributed by atoms with Gasteiger partial charge in [-0.25, -0.2) is 0 Å². The van der Waals surface area contributed by atoms with Crippen molar-refractivity contribution in [2.45, 2.75) is 103 Å². The first-order valence-electron chi connectivity index (χ1n) is 11.0. The van der Waals surface area contributed by atoms with Gasteiger partial charge in [-0.15, -0.1) is 0 Å². The molecule has 0 fully saturated rings. The van der Waals surface area contributed by atoms with E-state index in [4.69, 9.17) is 4.74 Å². The van der Waals surface area contributed by atoms with E-state index in [0.717, 1.165) is 5.75 Å². The molecule has 1 aromatic rings. The molecule has 1 aromatic carbocycles. The summed E-state index contributed by atoms with van der Waals surface area (Å²) >= 11 is 0. The fourth-order valence-electron chi connectivity index (χ4n) is 5.97. The van der Waals surface area contributed by atoms with Gasteiger partial charge in [0.1, 0.15) is 5.75 Å². The molecule has 0 aliphatic carbocycles. The third-order valence-electron chi connectivity index (χ3n) is 7.76. The highest BCUT2D eigenvalue weighted by molar-refractivity contribution is 7.93. The van der Waals surface area contributed by atoms with E-state index in [1.165, 1.54) is 29.0 Å². The van der Waals surface area contributed by atoms with Gasteiger partial charge in [-0.05, 0) is 97.2 Å². The molecule has 1 heterocycles. The summed E-state index contributed by atoms with van der Waals surface area (Å²) < 4.78 is 5.76. The first kappa shape index (κ1) is 23.9. The topological polar surface area (TPSA) is 9.23 Å². The summed E-state index contributed by atoms with van der Waals surface area (Å²) in [6.45, 7) is 26.8. The lowest BCUT2D eigenvalue weighted by molar-refractivity contribution is 0.414. The molecule has 0 saturated heterocycles. The van der Waals surface area contributed by atoms with Crippen molar-refractivity contribution >= 4 is 14.5 Å². The van der Waals surface area contributed by atoms with Crippen LogP contribution in [0.25, 0.3) is 0 Å². The number of methoxy groups -OCH3 is 1. The van der Waals surface area contributed by atoms with Gasteiger partial charge in [0.25, 0.3) is 0 Å². The van der Waals surface area contributed by atoms with Gasteiger partial charge in [0, 0.05) is 0 Å². The van der Waals surface area contributed by atoms with Crippen LogP contribution in [0.15, 0.2) is 24.8 Å². The van der Waals surface area contributed by atoms with Gasteiger partial charge in [0.2, 0.25) is 0 Å². The molecule has 28 heavy (non-hydrogen) atoms. The predicted molar refractivity (Wildman–Crippen MR) is 134 cm³/mol. The molecule has 0 spiro atoms. The Balaban J connectivity index is 2.98. The maximum atomic E-state index is 5.76. The minimum absolute atomic E-state index is 0.684. The van der Waals surface area contributed by atoms with Gasteiger partial charge in [-0.1, -0.05) is 6.58 Å². The standard InChI is InChI=1S/C25H44OP2/c1-12-25-27(17(2)3,18(4)5)15-22-13-24(26-11)14-23(21(22)10)16-28(25,19(6)7)20(8)9/h12-14,17-20,25H,1,15-16H2,2-11H3/q+2. The fraction of sp³-hybridized carbons (Fsp3) is 0.680. The molecular formula is C25H44OP2+2. The second-order valence-corrected chi connectivity index (χ2v) is 20.2. The Morgan fingerprint density at radius 3 is 1.46 bits per heavy atom. The van der Waals surface area contributed by atoms with E-state index in [1.807, 2.05) is 7.11 Å². The third-order valence-corrected chi connectivity index (χ3v) is 22.2. The Bertz CT molecular complexity index is 635. The van der Waals surface area contributed by atoms with Gasteiger partial charge in [-0.2, -0.15) is 0 Å². The highest BCUT2D eigenvalue weighted by Gasteiger charge is 2.66. The van der Waals surface area contributed by atoms with Crippen molar-refractivity contribution in [1.82, 2.24) is 0 Å². The molecular weight excluding hydrogens is 378 g/mol. The first-order chi connectivity index (χ1) is 13.0. The van der Waals surface area contributed by atoms with Gasteiger partial charge in [-0.3, -0.25) is 0 Å². The summed E-state index contributed by atoms with van der Waals surface area (Å²) in [6.07, 6.45) is 4.90. The largest absolute Gasteiger partial charge is 0.497 e. The van der Waals surface area contributed by atoms with Crippen LogP contribution in [-0.4, -0.2) is 35.1 Å². The molecule has 158 valence electrons. The number of rotatable bonds is 6. The number of fused-ring (bicyclic) bond motifs is 2. The van der Waals surface area contributed by atoms with Crippen molar-refractivity contribution in [3.05, 3.63) is 41.5 Å². The average Bonchev–Trinajstić information content (AvgIpc) is 2.61. The molecule has 0 saturated carbocycles. The molecule has 1 aliphatic rings. The van der Waals surface area contributed by atoms with Crippen molar-refractivity contribution in [2.75, 3.05) is 7.11 Å². The number of allylic oxidation sites excluding steroid dienone is 1. The molecule has 0 atom stereocenters. The van der Waals surface area contributed by atoms with Crippen molar-refractivity contribution in [2.24, 2.45) is 0 Å². The Hall–Kier alpha value is -0.380.